The lowest BCUT2D eigenvalue weighted by Gasteiger charge is -2.18. The Labute approximate surface area is 173 Å². The number of anilines is 2. The van der Waals surface area contributed by atoms with Crippen LogP contribution in [0.15, 0.2) is 23.7 Å². The molecule has 0 spiro atoms. The van der Waals surface area contributed by atoms with Crippen molar-refractivity contribution < 1.29 is 4.79 Å². The van der Waals surface area contributed by atoms with Gasteiger partial charge in [-0.3, -0.25) is 14.9 Å². The summed E-state index contributed by atoms with van der Waals surface area (Å²) in [5.41, 5.74) is 5.90. The average Bonchev–Trinajstić information content (AvgIpc) is 3.47. The van der Waals surface area contributed by atoms with E-state index < -0.39 is 0 Å². The van der Waals surface area contributed by atoms with Gasteiger partial charge in [-0.25, -0.2) is 4.98 Å². The minimum Gasteiger partial charge on any atom is -0.337 e. The van der Waals surface area contributed by atoms with Gasteiger partial charge in [0.25, 0.3) is 5.91 Å². The number of hydrogen-bond acceptors (Lipinski definition) is 6. The van der Waals surface area contributed by atoms with Crippen molar-refractivity contribution in [3.63, 3.8) is 0 Å². The highest BCUT2D eigenvalue weighted by Gasteiger charge is 2.32. The van der Waals surface area contributed by atoms with E-state index in [0.717, 1.165) is 65.7 Å². The number of carbonyl (C=O) groups excluding carboxylic acids is 1. The summed E-state index contributed by atoms with van der Waals surface area (Å²) in [5, 5.41) is 13.6. The summed E-state index contributed by atoms with van der Waals surface area (Å²) in [5.74, 6) is 0.297. The van der Waals surface area contributed by atoms with Crippen LogP contribution in [0.5, 0.6) is 0 Å². The van der Waals surface area contributed by atoms with Gasteiger partial charge in [0, 0.05) is 58.9 Å². The molecule has 0 aromatic carbocycles. The molecule has 1 aliphatic carbocycles. The van der Waals surface area contributed by atoms with Gasteiger partial charge in [0.2, 0.25) is 0 Å². The Bertz CT molecular complexity index is 1030. The van der Waals surface area contributed by atoms with Gasteiger partial charge in [-0.15, -0.1) is 11.3 Å². The van der Waals surface area contributed by atoms with Crippen LogP contribution in [0.3, 0.4) is 0 Å². The van der Waals surface area contributed by atoms with Crippen LogP contribution in [-0.2, 0) is 12.8 Å². The van der Waals surface area contributed by atoms with E-state index in [9.17, 15) is 4.79 Å². The molecule has 1 aliphatic heterocycles. The van der Waals surface area contributed by atoms with Crippen molar-refractivity contribution in [2.45, 2.75) is 44.9 Å². The third-order valence-corrected chi connectivity index (χ3v) is 6.50. The number of aryl methyl sites for hydroxylation is 2. The first-order valence-electron chi connectivity index (χ1n) is 10.2. The number of nitrogens with one attached hydrogen (secondary N) is 2. The predicted octanol–water partition coefficient (Wildman–Crippen LogP) is 3.82. The molecule has 29 heavy (non-hydrogen) atoms. The Kier molecular flexibility index (Phi) is 4.79. The molecule has 3 aromatic heterocycles. The van der Waals surface area contributed by atoms with E-state index in [1.807, 2.05) is 23.3 Å². The van der Waals surface area contributed by atoms with Gasteiger partial charge in [-0.05, 0) is 51.2 Å². The van der Waals surface area contributed by atoms with Crippen molar-refractivity contribution in [1.82, 2.24) is 25.1 Å². The standard InChI is InChI=1S/C21H24N6OS/c1-13-10-15(24-21-22-7-9-29-21)11-18(23-13)14-6-8-27(12-14)20(28)19-16-4-2-3-5-17(16)25-26-19/h7,9-11,14H,2-6,8,12H2,1H3,(H,25,26)(H,22,23,24)/t14-/m0/s1. The third kappa shape index (κ3) is 3.64. The minimum atomic E-state index is 0.0562. The second kappa shape index (κ2) is 7.59. The van der Waals surface area contributed by atoms with E-state index >= 15 is 0 Å². The maximum Gasteiger partial charge on any atom is 0.274 e. The molecule has 0 radical (unpaired) electrons. The number of pyridine rings is 1. The molecule has 1 amide bonds. The molecule has 3 aromatic rings. The number of thiazole rings is 1. The summed E-state index contributed by atoms with van der Waals surface area (Å²) >= 11 is 1.57. The monoisotopic (exact) mass is 408 g/mol. The third-order valence-electron chi connectivity index (χ3n) is 5.81. The lowest BCUT2D eigenvalue weighted by molar-refractivity contribution is 0.0783. The Balaban J connectivity index is 1.32. The van der Waals surface area contributed by atoms with E-state index in [-0.39, 0.29) is 11.8 Å². The van der Waals surface area contributed by atoms with Crippen LogP contribution >= 0.6 is 11.3 Å². The maximum atomic E-state index is 13.1. The SMILES string of the molecule is Cc1cc(Nc2nccs2)cc([C@H]2CCN(C(=O)c3n[nH]c4c3CCCC4)C2)n1. The van der Waals surface area contributed by atoms with E-state index in [0.29, 0.717) is 12.2 Å². The summed E-state index contributed by atoms with van der Waals surface area (Å²) in [6.07, 6.45) is 6.97. The van der Waals surface area contributed by atoms with E-state index in [4.69, 9.17) is 4.98 Å². The highest BCUT2D eigenvalue weighted by molar-refractivity contribution is 7.13. The van der Waals surface area contributed by atoms with Gasteiger partial charge < -0.3 is 10.2 Å². The molecule has 4 heterocycles. The number of aromatic nitrogens is 4. The number of hydrogen-bond donors (Lipinski definition) is 2. The summed E-state index contributed by atoms with van der Waals surface area (Å²) in [6, 6.07) is 4.11. The summed E-state index contributed by atoms with van der Waals surface area (Å²) in [4.78, 5) is 24.1. The average molecular weight is 409 g/mol. The van der Waals surface area contributed by atoms with E-state index in [2.05, 4.69) is 26.6 Å². The molecule has 2 aliphatic rings. The second-order valence-electron chi connectivity index (χ2n) is 7.86. The molecule has 8 heteroatoms. The van der Waals surface area contributed by atoms with Crippen molar-refractivity contribution in [3.05, 3.63) is 52.0 Å². The Hall–Kier alpha value is -2.74. The zero-order valence-electron chi connectivity index (χ0n) is 16.4. The van der Waals surface area contributed by atoms with Gasteiger partial charge in [-0.2, -0.15) is 5.10 Å². The molecule has 1 atom stereocenters. The number of carbonyl (C=O) groups is 1. The molecule has 5 rings (SSSR count). The highest BCUT2D eigenvalue weighted by atomic mass is 32.1. The van der Waals surface area contributed by atoms with Crippen molar-refractivity contribution in [2.24, 2.45) is 0 Å². The van der Waals surface area contributed by atoms with Crippen molar-refractivity contribution in [2.75, 3.05) is 18.4 Å². The largest absolute Gasteiger partial charge is 0.337 e. The first-order valence-corrected chi connectivity index (χ1v) is 11.1. The molecule has 0 saturated carbocycles. The smallest absolute Gasteiger partial charge is 0.274 e. The van der Waals surface area contributed by atoms with Crippen LogP contribution in [0, 0.1) is 6.92 Å². The summed E-state index contributed by atoms with van der Waals surface area (Å²) in [7, 11) is 0. The fraction of sp³-hybridized carbons (Fsp3) is 0.429. The number of rotatable bonds is 4. The zero-order valence-corrected chi connectivity index (χ0v) is 17.3. The summed E-state index contributed by atoms with van der Waals surface area (Å²) < 4.78 is 0. The van der Waals surface area contributed by atoms with Crippen LogP contribution in [-0.4, -0.2) is 44.1 Å². The van der Waals surface area contributed by atoms with Crippen LogP contribution in [0.25, 0.3) is 0 Å². The molecule has 1 saturated heterocycles. The molecule has 150 valence electrons. The van der Waals surface area contributed by atoms with Crippen LogP contribution in [0.2, 0.25) is 0 Å². The first kappa shape index (κ1) is 18.3. The molecule has 1 fully saturated rings. The van der Waals surface area contributed by atoms with Crippen molar-refractivity contribution >= 4 is 28.1 Å². The van der Waals surface area contributed by atoms with Gasteiger partial charge in [0.05, 0.1) is 0 Å². The number of likely N-dealkylation sites (tertiary alicyclic amines) is 1. The molecule has 0 unspecified atom stereocenters. The summed E-state index contributed by atoms with van der Waals surface area (Å²) in [6.45, 7) is 3.44. The normalized spacial score (nSPS) is 18.7. The van der Waals surface area contributed by atoms with Crippen molar-refractivity contribution in [1.29, 1.82) is 0 Å². The zero-order chi connectivity index (χ0) is 19.8. The minimum absolute atomic E-state index is 0.0562. The number of amides is 1. The number of H-pyrrole nitrogens is 1. The number of aromatic amines is 1. The van der Waals surface area contributed by atoms with Crippen molar-refractivity contribution in [3.8, 4) is 0 Å². The quantitative estimate of drug-likeness (QED) is 0.685. The molecule has 0 bridgehead atoms. The van der Waals surface area contributed by atoms with Gasteiger partial charge in [0.1, 0.15) is 0 Å². The lowest BCUT2D eigenvalue weighted by Crippen LogP contribution is -2.29. The second-order valence-corrected chi connectivity index (χ2v) is 8.75. The maximum absolute atomic E-state index is 13.1. The van der Waals surface area contributed by atoms with E-state index in [1.165, 1.54) is 6.42 Å². The van der Waals surface area contributed by atoms with Crippen LogP contribution in [0.4, 0.5) is 10.8 Å². The number of nitrogens with zero attached hydrogens (tertiary/aromatic N) is 4. The van der Waals surface area contributed by atoms with Gasteiger partial charge in [0.15, 0.2) is 10.8 Å². The van der Waals surface area contributed by atoms with Gasteiger partial charge in [-0.1, -0.05) is 0 Å². The van der Waals surface area contributed by atoms with Crippen LogP contribution in [0.1, 0.15) is 58.3 Å². The van der Waals surface area contributed by atoms with E-state index in [1.54, 1.807) is 17.5 Å². The Morgan fingerprint density at radius 1 is 1.31 bits per heavy atom. The number of fused-ring (bicyclic) bond motifs is 1. The van der Waals surface area contributed by atoms with Crippen LogP contribution < -0.4 is 5.32 Å². The highest BCUT2D eigenvalue weighted by Crippen LogP contribution is 2.31. The fourth-order valence-electron chi connectivity index (χ4n) is 4.38. The Morgan fingerprint density at radius 3 is 3.07 bits per heavy atom. The fourth-order valence-corrected chi connectivity index (χ4v) is 4.93. The predicted molar refractivity (Wildman–Crippen MR) is 113 cm³/mol. The molecular formula is C21H24N6OS. The lowest BCUT2D eigenvalue weighted by atomic mass is 9.95. The molecule has 7 nitrogen and oxygen atoms in total. The van der Waals surface area contributed by atoms with Gasteiger partial charge >= 0.3 is 0 Å². The molecule has 2 N–H and O–H groups in total. The first-order chi connectivity index (χ1) is 14.2. The Morgan fingerprint density at radius 2 is 2.21 bits per heavy atom. The molecular weight excluding hydrogens is 384 g/mol. The topological polar surface area (TPSA) is 86.8 Å².